The highest BCUT2D eigenvalue weighted by atomic mass is 16.5. The Morgan fingerprint density at radius 1 is 0.926 bits per heavy atom. The van der Waals surface area contributed by atoms with Crippen molar-refractivity contribution in [1.29, 1.82) is 0 Å². The van der Waals surface area contributed by atoms with E-state index in [1.807, 2.05) is 65.6 Å². The summed E-state index contributed by atoms with van der Waals surface area (Å²) >= 11 is 0. The lowest BCUT2D eigenvalue weighted by molar-refractivity contribution is -0.127. The Morgan fingerprint density at radius 2 is 1.52 bits per heavy atom. The van der Waals surface area contributed by atoms with Crippen LogP contribution in [-0.4, -0.2) is 23.9 Å². The van der Waals surface area contributed by atoms with E-state index in [9.17, 15) is 4.79 Å². The topological polar surface area (TPSA) is 29.5 Å². The Bertz CT molecular complexity index is 708. The minimum atomic E-state index is 0.0711. The van der Waals surface area contributed by atoms with Crippen LogP contribution in [0.15, 0.2) is 60.7 Å². The maximum absolute atomic E-state index is 12.5. The molecule has 0 aliphatic carbocycles. The first kappa shape index (κ1) is 20.8. The van der Waals surface area contributed by atoms with Crippen molar-refractivity contribution >= 4 is 12.0 Å². The van der Waals surface area contributed by atoms with Gasteiger partial charge in [0.15, 0.2) is 0 Å². The summed E-state index contributed by atoms with van der Waals surface area (Å²) in [5, 5.41) is 0. The van der Waals surface area contributed by atoms with Gasteiger partial charge in [0.2, 0.25) is 5.91 Å². The van der Waals surface area contributed by atoms with Crippen LogP contribution >= 0.6 is 0 Å². The molecule has 0 heterocycles. The van der Waals surface area contributed by atoms with Gasteiger partial charge in [-0.05, 0) is 41.2 Å². The molecule has 1 amide bonds. The number of carbonyl (C=O) groups excluding carboxylic acids is 1. The van der Waals surface area contributed by atoms with Gasteiger partial charge in [-0.2, -0.15) is 0 Å². The normalized spacial score (nSPS) is 11.3. The van der Waals surface area contributed by atoms with Gasteiger partial charge in [0.1, 0.15) is 12.4 Å². The van der Waals surface area contributed by atoms with Gasteiger partial charge in [0, 0.05) is 19.2 Å². The summed E-state index contributed by atoms with van der Waals surface area (Å²) in [7, 11) is 0. The number of hydrogen-bond acceptors (Lipinski definition) is 2. The van der Waals surface area contributed by atoms with Crippen molar-refractivity contribution in [3.05, 3.63) is 71.8 Å². The first-order chi connectivity index (χ1) is 12.9. The van der Waals surface area contributed by atoms with Gasteiger partial charge in [-0.25, -0.2) is 0 Å². The summed E-state index contributed by atoms with van der Waals surface area (Å²) in [5.74, 6) is 1.81. The molecule has 0 aliphatic rings. The maximum atomic E-state index is 12.5. The van der Waals surface area contributed by atoms with Gasteiger partial charge in [0.25, 0.3) is 0 Å². The third-order valence-corrected chi connectivity index (χ3v) is 4.03. The first-order valence-electron chi connectivity index (χ1n) is 9.68. The summed E-state index contributed by atoms with van der Waals surface area (Å²) in [6.45, 7) is 10.7. The van der Waals surface area contributed by atoms with Crippen LogP contribution in [0.1, 0.15) is 38.8 Å². The summed E-state index contributed by atoms with van der Waals surface area (Å²) in [5.41, 5.74) is 2.13. The highest BCUT2D eigenvalue weighted by Gasteiger charge is 2.13. The van der Waals surface area contributed by atoms with Crippen LogP contribution in [0.3, 0.4) is 0 Å². The maximum Gasteiger partial charge on any atom is 0.246 e. The molecule has 0 bridgehead atoms. The lowest BCUT2D eigenvalue weighted by Gasteiger charge is -2.25. The number of benzene rings is 2. The van der Waals surface area contributed by atoms with Crippen LogP contribution in [0.2, 0.25) is 0 Å². The molecule has 2 aromatic rings. The number of hydrogen-bond donors (Lipinski definition) is 0. The molecule has 27 heavy (non-hydrogen) atoms. The van der Waals surface area contributed by atoms with E-state index in [0.717, 1.165) is 30.0 Å². The molecule has 0 N–H and O–H groups in total. The monoisotopic (exact) mass is 365 g/mol. The van der Waals surface area contributed by atoms with Gasteiger partial charge in [-0.1, -0.05) is 70.2 Å². The second kappa shape index (κ2) is 10.6. The van der Waals surface area contributed by atoms with Crippen molar-refractivity contribution in [1.82, 2.24) is 4.90 Å². The molecular formula is C24H31NO2. The standard InChI is InChI=1S/C24H31NO2/c1-19(2)16-25(17-20(3)4)24(26)15-12-21-10-13-23(14-11-21)27-18-22-8-6-5-7-9-22/h5-15,19-20H,16-18H2,1-4H3/b15-12+. The van der Waals surface area contributed by atoms with Crippen LogP contribution < -0.4 is 4.74 Å². The van der Waals surface area contributed by atoms with Crippen molar-refractivity contribution in [2.24, 2.45) is 11.8 Å². The van der Waals surface area contributed by atoms with Crippen LogP contribution in [0.25, 0.3) is 6.08 Å². The van der Waals surface area contributed by atoms with Crippen molar-refractivity contribution < 1.29 is 9.53 Å². The Morgan fingerprint density at radius 3 is 2.07 bits per heavy atom. The highest BCUT2D eigenvalue weighted by Crippen LogP contribution is 2.15. The number of carbonyl (C=O) groups is 1. The van der Waals surface area contributed by atoms with E-state index in [4.69, 9.17) is 4.74 Å². The predicted octanol–water partition coefficient (Wildman–Crippen LogP) is 5.42. The summed E-state index contributed by atoms with van der Waals surface area (Å²) in [6.07, 6.45) is 3.54. The van der Waals surface area contributed by atoms with Gasteiger partial charge < -0.3 is 9.64 Å². The first-order valence-corrected chi connectivity index (χ1v) is 9.68. The number of ether oxygens (including phenoxy) is 1. The molecule has 0 aromatic heterocycles. The number of nitrogens with zero attached hydrogens (tertiary/aromatic N) is 1. The molecule has 2 aromatic carbocycles. The van der Waals surface area contributed by atoms with E-state index in [1.165, 1.54) is 0 Å². The Hall–Kier alpha value is -2.55. The molecule has 0 saturated heterocycles. The number of amides is 1. The minimum absolute atomic E-state index is 0.0711. The zero-order valence-corrected chi connectivity index (χ0v) is 16.9. The zero-order chi connectivity index (χ0) is 19.6. The van der Waals surface area contributed by atoms with Crippen LogP contribution in [0.4, 0.5) is 0 Å². The van der Waals surface area contributed by atoms with Crippen LogP contribution in [-0.2, 0) is 11.4 Å². The second-order valence-electron chi connectivity index (χ2n) is 7.71. The van der Waals surface area contributed by atoms with E-state index in [-0.39, 0.29) is 5.91 Å². The molecule has 0 fully saturated rings. The average molecular weight is 366 g/mol. The van der Waals surface area contributed by atoms with Gasteiger partial charge in [0.05, 0.1) is 0 Å². The third kappa shape index (κ3) is 7.69. The fourth-order valence-corrected chi connectivity index (χ4v) is 2.83. The molecule has 0 unspecified atom stereocenters. The highest BCUT2D eigenvalue weighted by molar-refractivity contribution is 5.91. The summed E-state index contributed by atoms with van der Waals surface area (Å²) < 4.78 is 5.80. The van der Waals surface area contributed by atoms with Crippen molar-refractivity contribution in [3.63, 3.8) is 0 Å². The molecule has 0 radical (unpaired) electrons. The molecule has 3 heteroatoms. The van der Waals surface area contributed by atoms with Crippen LogP contribution in [0, 0.1) is 11.8 Å². The van der Waals surface area contributed by atoms with Crippen molar-refractivity contribution in [2.75, 3.05) is 13.1 Å². The van der Waals surface area contributed by atoms with Gasteiger partial charge >= 0.3 is 0 Å². The van der Waals surface area contributed by atoms with Gasteiger partial charge in [-0.3, -0.25) is 4.79 Å². The molecule has 144 valence electrons. The minimum Gasteiger partial charge on any atom is -0.489 e. The fraction of sp³-hybridized carbons (Fsp3) is 0.375. The predicted molar refractivity (Wildman–Crippen MR) is 113 cm³/mol. The van der Waals surface area contributed by atoms with Crippen molar-refractivity contribution in [2.45, 2.75) is 34.3 Å². The Labute approximate surface area is 163 Å². The Kier molecular flexibility index (Phi) is 8.12. The largest absolute Gasteiger partial charge is 0.489 e. The summed E-state index contributed by atoms with van der Waals surface area (Å²) in [4.78, 5) is 14.5. The smallest absolute Gasteiger partial charge is 0.246 e. The molecule has 0 saturated carbocycles. The second-order valence-corrected chi connectivity index (χ2v) is 7.71. The van der Waals surface area contributed by atoms with E-state index >= 15 is 0 Å². The van der Waals surface area contributed by atoms with E-state index in [0.29, 0.717) is 18.4 Å². The number of rotatable bonds is 9. The lowest BCUT2D eigenvalue weighted by Crippen LogP contribution is -2.35. The molecule has 3 nitrogen and oxygen atoms in total. The summed E-state index contributed by atoms with van der Waals surface area (Å²) in [6, 6.07) is 17.9. The lowest BCUT2D eigenvalue weighted by atomic mass is 10.1. The average Bonchev–Trinajstić information content (AvgIpc) is 2.65. The molecule has 0 atom stereocenters. The zero-order valence-electron chi connectivity index (χ0n) is 16.9. The van der Waals surface area contributed by atoms with E-state index < -0.39 is 0 Å². The molecule has 2 rings (SSSR count). The fourth-order valence-electron chi connectivity index (χ4n) is 2.83. The third-order valence-electron chi connectivity index (χ3n) is 4.03. The van der Waals surface area contributed by atoms with Crippen LogP contribution in [0.5, 0.6) is 5.75 Å². The Balaban J connectivity index is 1.92. The molecule has 0 aliphatic heterocycles. The quantitative estimate of drug-likeness (QED) is 0.555. The molecule has 0 spiro atoms. The van der Waals surface area contributed by atoms with Crippen molar-refractivity contribution in [3.8, 4) is 5.75 Å². The van der Waals surface area contributed by atoms with E-state index in [1.54, 1.807) is 6.08 Å². The van der Waals surface area contributed by atoms with E-state index in [2.05, 4.69) is 27.7 Å². The molecular weight excluding hydrogens is 334 g/mol. The van der Waals surface area contributed by atoms with Gasteiger partial charge in [-0.15, -0.1) is 0 Å². The SMILES string of the molecule is CC(C)CN(CC(C)C)C(=O)/C=C/c1ccc(OCc2ccccc2)cc1.